The van der Waals surface area contributed by atoms with Crippen LogP contribution in [0, 0.1) is 33.6 Å². The summed E-state index contributed by atoms with van der Waals surface area (Å²) in [6.07, 6.45) is 0.642. The van der Waals surface area contributed by atoms with Crippen molar-refractivity contribution < 1.29 is 4.79 Å². The van der Waals surface area contributed by atoms with Gasteiger partial charge in [0.2, 0.25) is 0 Å². The van der Waals surface area contributed by atoms with E-state index in [1.807, 2.05) is 93.3 Å². The van der Waals surface area contributed by atoms with Gasteiger partial charge in [-0.15, -0.1) is 0 Å². The number of hydrogen-bond donors (Lipinski definition) is 1. The van der Waals surface area contributed by atoms with Gasteiger partial charge >= 0.3 is 0 Å². The molecule has 0 spiro atoms. The number of carbonyl (C=O) groups excluding carboxylic acids is 1. The van der Waals surface area contributed by atoms with Gasteiger partial charge in [-0.25, -0.2) is 4.98 Å². The van der Waals surface area contributed by atoms with E-state index in [4.69, 9.17) is 10.7 Å². The molecule has 0 aliphatic rings. The summed E-state index contributed by atoms with van der Waals surface area (Å²) in [5.74, 6) is 0.494. The first kappa shape index (κ1) is 29.9. The average molecular weight is 551 g/mol. The zero-order chi connectivity index (χ0) is 29.7. The molecule has 4 aromatic rings. The molecule has 1 heterocycles. The second-order valence-corrected chi connectivity index (χ2v) is 11.3. The molecule has 0 aliphatic carbocycles. The zero-order valence-corrected chi connectivity index (χ0v) is 25.1. The first-order valence-corrected chi connectivity index (χ1v) is 14.4. The molecule has 214 valence electrons. The Morgan fingerprint density at radius 3 is 2.22 bits per heavy atom. The molecular formula is C35H42N4O2. The predicted octanol–water partition coefficient (Wildman–Crippen LogP) is 6.38. The van der Waals surface area contributed by atoms with Crippen LogP contribution in [-0.2, 0) is 6.54 Å². The summed E-state index contributed by atoms with van der Waals surface area (Å²) < 4.78 is 1.78. The number of nitrogens with two attached hydrogens (primary N) is 1. The molecule has 41 heavy (non-hydrogen) atoms. The fraction of sp³-hybridized carbons (Fsp3) is 0.343. The topological polar surface area (TPSA) is 81.2 Å². The highest BCUT2D eigenvalue weighted by Gasteiger charge is 2.33. The van der Waals surface area contributed by atoms with E-state index in [1.54, 1.807) is 4.57 Å². The highest BCUT2D eigenvalue weighted by molar-refractivity contribution is 5.94. The third-order valence-corrected chi connectivity index (χ3v) is 7.62. The molecule has 0 bridgehead atoms. The van der Waals surface area contributed by atoms with Crippen LogP contribution in [0.3, 0.4) is 0 Å². The minimum Gasteiger partial charge on any atom is -0.330 e. The smallest absolute Gasteiger partial charge is 0.262 e. The molecule has 3 aromatic carbocycles. The van der Waals surface area contributed by atoms with Gasteiger partial charge in [-0.2, -0.15) is 0 Å². The summed E-state index contributed by atoms with van der Waals surface area (Å²) in [6, 6.07) is 23.3. The van der Waals surface area contributed by atoms with Gasteiger partial charge < -0.3 is 10.6 Å². The maximum absolute atomic E-state index is 14.5. The van der Waals surface area contributed by atoms with Crippen LogP contribution in [0.2, 0.25) is 0 Å². The number of hydrogen-bond acceptors (Lipinski definition) is 4. The van der Waals surface area contributed by atoms with Crippen LogP contribution in [0.4, 0.5) is 0 Å². The SMILES string of the molecule is Cc1ccc(C(=O)N(CCCN)C(c2nc(C)c(-c3cc(C)ccc3C)c(=O)n2Cc2ccccc2)C(C)C)cc1. The molecule has 0 saturated heterocycles. The monoisotopic (exact) mass is 550 g/mol. The Bertz CT molecular complexity index is 1560. The Morgan fingerprint density at radius 1 is 0.927 bits per heavy atom. The van der Waals surface area contributed by atoms with Crippen LogP contribution in [0.25, 0.3) is 11.1 Å². The number of carbonyl (C=O) groups is 1. The van der Waals surface area contributed by atoms with E-state index in [9.17, 15) is 9.59 Å². The number of aromatic nitrogens is 2. The second-order valence-electron chi connectivity index (χ2n) is 11.3. The van der Waals surface area contributed by atoms with Crippen molar-refractivity contribution in [1.29, 1.82) is 0 Å². The molecule has 0 saturated carbocycles. The van der Waals surface area contributed by atoms with Crippen molar-refractivity contribution in [3.63, 3.8) is 0 Å². The highest BCUT2D eigenvalue weighted by atomic mass is 16.2. The summed E-state index contributed by atoms with van der Waals surface area (Å²) in [4.78, 5) is 35.6. The zero-order valence-electron chi connectivity index (χ0n) is 25.1. The largest absolute Gasteiger partial charge is 0.330 e. The van der Waals surface area contributed by atoms with Crippen molar-refractivity contribution in [2.75, 3.05) is 13.1 Å². The van der Waals surface area contributed by atoms with Crippen LogP contribution in [0.15, 0.2) is 77.6 Å². The molecule has 1 unspecified atom stereocenters. The van der Waals surface area contributed by atoms with E-state index in [2.05, 4.69) is 26.0 Å². The third-order valence-electron chi connectivity index (χ3n) is 7.62. The predicted molar refractivity (Wildman–Crippen MR) is 167 cm³/mol. The van der Waals surface area contributed by atoms with Crippen molar-refractivity contribution >= 4 is 5.91 Å². The lowest BCUT2D eigenvalue weighted by Crippen LogP contribution is -2.42. The molecule has 2 N–H and O–H groups in total. The van der Waals surface area contributed by atoms with E-state index >= 15 is 0 Å². The lowest BCUT2D eigenvalue weighted by Gasteiger charge is -2.36. The van der Waals surface area contributed by atoms with Crippen molar-refractivity contribution in [2.45, 2.75) is 60.5 Å². The van der Waals surface area contributed by atoms with Gasteiger partial charge in [0.15, 0.2) is 0 Å². The standard InChI is InChI=1S/C35H42N4O2/c1-23(2)32(38(20-10-19-36)34(40)29-17-14-24(3)15-18-29)33-37-27(6)31(30-21-25(4)13-16-26(30)5)35(41)39(33)22-28-11-8-7-9-12-28/h7-9,11-18,21,23,32H,10,19-20,22,36H2,1-6H3. The first-order chi connectivity index (χ1) is 19.6. The number of rotatable bonds is 10. The molecule has 0 fully saturated rings. The summed E-state index contributed by atoms with van der Waals surface area (Å²) >= 11 is 0. The van der Waals surface area contributed by atoms with Gasteiger partial charge in [0.1, 0.15) is 5.82 Å². The minimum absolute atomic E-state index is 0.0120. The third kappa shape index (κ3) is 6.66. The van der Waals surface area contributed by atoms with Crippen LogP contribution in [0.5, 0.6) is 0 Å². The maximum atomic E-state index is 14.5. The van der Waals surface area contributed by atoms with Crippen LogP contribution in [0.1, 0.15) is 70.4 Å². The summed E-state index contributed by atoms with van der Waals surface area (Å²) in [5.41, 5.74) is 12.8. The minimum atomic E-state index is -0.432. The average Bonchev–Trinajstić information content (AvgIpc) is 2.95. The number of aryl methyl sites for hydroxylation is 4. The molecular weight excluding hydrogens is 508 g/mol. The van der Waals surface area contributed by atoms with Crippen LogP contribution >= 0.6 is 0 Å². The second kappa shape index (κ2) is 13.1. The molecule has 1 aromatic heterocycles. The van der Waals surface area contributed by atoms with Gasteiger partial charge in [0, 0.05) is 12.1 Å². The van der Waals surface area contributed by atoms with E-state index in [1.165, 1.54) is 0 Å². The van der Waals surface area contributed by atoms with Crippen molar-refractivity contribution in [3.05, 3.63) is 122 Å². The Kier molecular flexibility index (Phi) is 9.56. The molecule has 1 atom stereocenters. The summed E-state index contributed by atoms with van der Waals surface area (Å²) in [7, 11) is 0. The van der Waals surface area contributed by atoms with Crippen molar-refractivity contribution in [1.82, 2.24) is 14.5 Å². The van der Waals surface area contributed by atoms with Gasteiger partial charge in [-0.1, -0.05) is 85.6 Å². The van der Waals surface area contributed by atoms with E-state index in [0.717, 1.165) is 27.8 Å². The maximum Gasteiger partial charge on any atom is 0.262 e. The van der Waals surface area contributed by atoms with Crippen molar-refractivity contribution in [3.8, 4) is 11.1 Å². The molecule has 4 rings (SSSR count). The lowest BCUT2D eigenvalue weighted by atomic mass is 9.96. The van der Waals surface area contributed by atoms with Gasteiger partial charge in [-0.05, 0) is 75.4 Å². The fourth-order valence-electron chi connectivity index (χ4n) is 5.43. The summed E-state index contributed by atoms with van der Waals surface area (Å²) in [6.45, 7) is 13.4. The van der Waals surface area contributed by atoms with Gasteiger partial charge in [0.05, 0.1) is 23.8 Å². The fourth-order valence-corrected chi connectivity index (χ4v) is 5.43. The lowest BCUT2D eigenvalue weighted by molar-refractivity contribution is 0.0602. The Hall–Kier alpha value is -4.03. The first-order valence-electron chi connectivity index (χ1n) is 14.4. The Morgan fingerprint density at radius 2 is 1.59 bits per heavy atom. The molecule has 6 nitrogen and oxygen atoms in total. The molecule has 6 heteroatoms. The van der Waals surface area contributed by atoms with Gasteiger partial charge in [-0.3, -0.25) is 14.2 Å². The molecule has 0 radical (unpaired) electrons. The van der Waals surface area contributed by atoms with Gasteiger partial charge in [0.25, 0.3) is 11.5 Å². The Balaban J connectivity index is 1.96. The van der Waals surface area contributed by atoms with Crippen LogP contribution in [-0.4, -0.2) is 33.4 Å². The summed E-state index contributed by atoms with van der Waals surface area (Å²) in [5, 5.41) is 0. The highest BCUT2D eigenvalue weighted by Crippen LogP contribution is 2.32. The number of nitrogens with zero attached hydrogens (tertiary/aromatic N) is 3. The van der Waals surface area contributed by atoms with E-state index in [-0.39, 0.29) is 17.4 Å². The van der Waals surface area contributed by atoms with E-state index in [0.29, 0.717) is 48.7 Å². The molecule has 0 aliphatic heterocycles. The normalized spacial score (nSPS) is 12.0. The van der Waals surface area contributed by atoms with Crippen molar-refractivity contribution in [2.24, 2.45) is 11.7 Å². The number of benzene rings is 3. The molecule has 1 amide bonds. The Labute approximate surface area is 243 Å². The van der Waals surface area contributed by atoms with E-state index < -0.39 is 6.04 Å². The quantitative estimate of drug-likeness (QED) is 0.248. The number of amides is 1. The van der Waals surface area contributed by atoms with Crippen LogP contribution < -0.4 is 11.3 Å².